The second-order valence-electron chi connectivity index (χ2n) is 4.23. The summed E-state index contributed by atoms with van der Waals surface area (Å²) in [5, 5.41) is 5.72. The zero-order chi connectivity index (χ0) is 16.1. The second kappa shape index (κ2) is 6.99. The van der Waals surface area contributed by atoms with E-state index in [9.17, 15) is 14.0 Å². The molecule has 1 aromatic heterocycles. The number of benzene rings is 1. The summed E-state index contributed by atoms with van der Waals surface area (Å²) in [5.41, 5.74) is 1.92. The number of nitrogens with zero attached hydrogens (tertiary/aromatic N) is 1. The third kappa shape index (κ3) is 4.26. The van der Waals surface area contributed by atoms with Gasteiger partial charge in [0.05, 0.1) is 11.9 Å². The number of halogens is 2. The maximum Gasteiger partial charge on any atom is 0.329 e. The van der Waals surface area contributed by atoms with Crippen molar-refractivity contribution >= 4 is 39.6 Å². The number of carbonyl (C=O) groups excluding carboxylic acids is 2. The molecule has 0 atom stereocenters. The average Bonchev–Trinajstić information content (AvgIpc) is 2.87. The lowest BCUT2D eigenvalue weighted by molar-refractivity contribution is -0.136. The first-order valence-electron chi connectivity index (χ1n) is 6.11. The van der Waals surface area contributed by atoms with Gasteiger partial charge in [-0.3, -0.25) is 9.59 Å². The highest BCUT2D eigenvalue weighted by Gasteiger charge is 2.15. The van der Waals surface area contributed by atoms with Gasteiger partial charge in [0.15, 0.2) is 0 Å². The van der Waals surface area contributed by atoms with E-state index < -0.39 is 17.6 Å². The Kier molecular flexibility index (Phi) is 5.05. The Bertz CT molecular complexity index is 743. The number of rotatable bonds is 3. The van der Waals surface area contributed by atoms with Crippen LogP contribution in [0.5, 0.6) is 0 Å². The number of hydrazone groups is 1. The highest BCUT2D eigenvalue weighted by molar-refractivity contribution is 9.10. The third-order valence-electron chi connectivity index (χ3n) is 2.50. The topological polar surface area (TPSA) is 83.7 Å². The molecule has 0 radical (unpaired) electrons. The molecular formula is C14H11BrFN3O3. The number of anilines is 1. The van der Waals surface area contributed by atoms with Gasteiger partial charge in [0.25, 0.3) is 0 Å². The molecule has 2 rings (SSSR count). The zero-order valence-corrected chi connectivity index (χ0v) is 13.0. The largest absolute Gasteiger partial charge is 0.460 e. The number of furan rings is 1. The van der Waals surface area contributed by atoms with Crippen LogP contribution in [0.3, 0.4) is 0 Å². The van der Waals surface area contributed by atoms with Crippen LogP contribution in [0.25, 0.3) is 0 Å². The quantitative estimate of drug-likeness (QED) is 0.496. The van der Waals surface area contributed by atoms with Gasteiger partial charge in [0, 0.05) is 4.47 Å². The standard InChI is InChI=1S/C14H11BrFN3O3/c1-8-2-4-10(22-8)7-17-19-14(21)13(20)18-12-5-3-9(15)6-11(12)16/h2-7H,1H3,(H,18,20)(H,19,21). The summed E-state index contributed by atoms with van der Waals surface area (Å²) < 4.78 is 19.2. The lowest BCUT2D eigenvalue weighted by atomic mass is 10.3. The minimum Gasteiger partial charge on any atom is -0.460 e. The average molecular weight is 368 g/mol. The van der Waals surface area contributed by atoms with Crippen LogP contribution in [-0.4, -0.2) is 18.0 Å². The molecule has 114 valence electrons. The van der Waals surface area contributed by atoms with Gasteiger partial charge in [-0.1, -0.05) is 15.9 Å². The third-order valence-corrected chi connectivity index (χ3v) is 3.00. The van der Waals surface area contributed by atoms with E-state index >= 15 is 0 Å². The van der Waals surface area contributed by atoms with E-state index in [2.05, 4.69) is 26.3 Å². The maximum atomic E-state index is 13.5. The van der Waals surface area contributed by atoms with Crippen molar-refractivity contribution in [3.63, 3.8) is 0 Å². The van der Waals surface area contributed by atoms with Crippen LogP contribution in [0.2, 0.25) is 0 Å². The Morgan fingerprint density at radius 3 is 2.68 bits per heavy atom. The van der Waals surface area contributed by atoms with Gasteiger partial charge in [0.1, 0.15) is 17.3 Å². The van der Waals surface area contributed by atoms with Crippen LogP contribution in [0.4, 0.5) is 10.1 Å². The van der Waals surface area contributed by atoms with Crippen molar-refractivity contribution in [1.82, 2.24) is 5.43 Å². The number of amides is 2. The van der Waals surface area contributed by atoms with Gasteiger partial charge >= 0.3 is 11.8 Å². The molecule has 0 fully saturated rings. The molecule has 0 saturated carbocycles. The Hall–Kier alpha value is -2.48. The van der Waals surface area contributed by atoms with Gasteiger partial charge in [-0.05, 0) is 37.3 Å². The maximum absolute atomic E-state index is 13.5. The molecule has 0 aliphatic heterocycles. The number of hydrogen-bond donors (Lipinski definition) is 2. The molecule has 8 heteroatoms. The number of nitrogens with one attached hydrogen (secondary N) is 2. The van der Waals surface area contributed by atoms with Gasteiger partial charge in [0.2, 0.25) is 0 Å². The van der Waals surface area contributed by atoms with E-state index in [1.807, 2.05) is 5.43 Å². The van der Waals surface area contributed by atoms with Crippen LogP contribution >= 0.6 is 15.9 Å². The highest BCUT2D eigenvalue weighted by atomic mass is 79.9. The summed E-state index contributed by atoms with van der Waals surface area (Å²) in [6, 6.07) is 7.42. The molecule has 1 heterocycles. The number of hydrogen-bond acceptors (Lipinski definition) is 4. The van der Waals surface area contributed by atoms with Crippen molar-refractivity contribution in [3.8, 4) is 0 Å². The summed E-state index contributed by atoms with van der Waals surface area (Å²) in [7, 11) is 0. The van der Waals surface area contributed by atoms with Crippen molar-refractivity contribution in [3.05, 3.63) is 52.1 Å². The van der Waals surface area contributed by atoms with Gasteiger partial charge in [-0.15, -0.1) is 0 Å². The summed E-state index contributed by atoms with van der Waals surface area (Å²) >= 11 is 3.09. The van der Waals surface area contributed by atoms with Crippen molar-refractivity contribution in [2.75, 3.05) is 5.32 Å². The summed E-state index contributed by atoms with van der Waals surface area (Å²) in [6.07, 6.45) is 1.25. The molecule has 2 amide bonds. The molecule has 0 saturated heterocycles. The highest BCUT2D eigenvalue weighted by Crippen LogP contribution is 2.19. The Labute approximate surface area is 133 Å². The molecule has 0 bridgehead atoms. The smallest absolute Gasteiger partial charge is 0.329 e. The molecular weight excluding hydrogens is 357 g/mol. The van der Waals surface area contributed by atoms with E-state index in [1.165, 1.54) is 24.4 Å². The monoisotopic (exact) mass is 367 g/mol. The summed E-state index contributed by atoms with van der Waals surface area (Å²) in [5.74, 6) is -1.60. The van der Waals surface area contributed by atoms with E-state index in [0.29, 0.717) is 16.0 Å². The molecule has 2 aromatic rings. The lowest BCUT2D eigenvalue weighted by Crippen LogP contribution is -2.32. The normalized spacial score (nSPS) is 10.7. The Balaban J connectivity index is 1.92. The Morgan fingerprint density at radius 1 is 1.27 bits per heavy atom. The fraction of sp³-hybridized carbons (Fsp3) is 0.0714. The predicted octanol–water partition coefficient (Wildman–Crippen LogP) is 2.58. The van der Waals surface area contributed by atoms with E-state index in [1.54, 1.807) is 19.1 Å². The van der Waals surface area contributed by atoms with Crippen LogP contribution < -0.4 is 10.7 Å². The molecule has 1 aromatic carbocycles. The van der Waals surface area contributed by atoms with Gasteiger partial charge < -0.3 is 9.73 Å². The zero-order valence-electron chi connectivity index (χ0n) is 11.4. The van der Waals surface area contributed by atoms with Crippen LogP contribution in [0.15, 0.2) is 44.3 Å². The molecule has 6 nitrogen and oxygen atoms in total. The number of aryl methyl sites for hydroxylation is 1. The van der Waals surface area contributed by atoms with Crippen LogP contribution in [0.1, 0.15) is 11.5 Å². The van der Waals surface area contributed by atoms with Crippen molar-refractivity contribution in [2.45, 2.75) is 6.92 Å². The predicted molar refractivity (Wildman–Crippen MR) is 81.9 cm³/mol. The summed E-state index contributed by atoms with van der Waals surface area (Å²) in [6.45, 7) is 1.76. The molecule has 0 aliphatic carbocycles. The van der Waals surface area contributed by atoms with Gasteiger partial charge in [-0.2, -0.15) is 5.10 Å². The minimum absolute atomic E-state index is 0.103. The van der Waals surface area contributed by atoms with Crippen LogP contribution in [-0.2, 0) is 9.59 Å². The molecule has 0 spiro atoms. The molecule has 2 N–H and O–H groups in total. The number of carbonyl (C=O) groups is 2. The van der Waals surface area contributed by atoms with Crippen molar-refractivity contribution in [1.29, 1.82) is 0 Å². The SMILES string of the molecule is Cc1ccc(C=NNC(=O)C(=O)Nc2ccc(Br)cc2F)o1. The van der Waals surface area contributed by atoms with E-state index in [-0.39, 0.29) is 5.69 Å². The first kappa shape index (κ1) is 15.9. The van der Waals surface area contributed by atoms with Crippen molar-refractivity contribution < 1.29 is 18.4 Å². The fourth-order valence-electron chi connectivity index (χ4n) is 1.50. The lowest BCUT2D eigenvalue weighted by Gasteiger charge is -2.05. The first-order valence-corrected chi connectivity index (χ1v) is 6.91. The van der Waals surface area contributed by atoms with Crippen LogP contribution in [0, 0.1) is 12.7 Å². The van der Waals surface area contributed by atoms with E-state index in [0.717, 1.165) is 0 Å². The minimum atomic E-state index is -1.03. The fourth-order valence-corrected chi connectivity index (χ4v) is 1.83. The summed E-state index contributed by atoms with van der Waals surface area (Å²) in [4.78, 5) is 23.1. The Morgan fingerprint density at radius 2 is 2.05 bits per heavy atom. The molecule has 22 heavy (non-hydrogen) atoms. The molecule has 0 aliphatic rings. The first-order chi connectivity index (χ1) is 10.5. The van der Waals surface area contributed by atoms with Crippen molar-refractivity contribution in [2.24, 2.45) is 5.10 Å². The second-order valence-corrected chi connectivity index (χ2v) is 5.14. The molecule has 0 unspecified atom stereocenters. The van der Waals surface area contributed by atoms with E-state index in [4.69, 9.17) is 4.42 Å². The van der Waals surface area contributed by atoms with Gasteiger partial charge in [-0.25, -0.2) is 9.82 Å².